The van der Waals surface area contributed by atoms with Crippen LogP contribution in [-0.2, 0) is 11.2 Å². The molecular weight excluding hydrogens is 366 g/mol. The number of ether oxygens (including phenoxy) is 1. The summed E-state index contributed by atoms with van der Waals surface area (Å²) in [6.45, 7) is 6.62. The molecule has 0 aromatic heterocycles. The van der Waals surface area contributed by atoms with Gasteiger partial charge in [0.05, 0.1) is 11.4 Å². The summed E-state index contributed by atoms with van der Waals surface area (Å²) < 4.78 is 5.71. The van der Waals surface area contributed by atoms with Gasteiger partial charge in [-0.2, -0.15) is 0 Å². The van der Waals surface area contributed by atoms with Crippen LogP contribution in [0.5, 0.6) is 5.75 Å². The monoisotopic (exact) mass is 391 g/mol. The summed E-state index contributed by atoms with van der Waals surface area (Å²) in [5, 5.41) is 3.58. The van der Waals surface area contributed by atoms with Crippen molar-refractivity contribution in [1.82, 2.24) is 5.32 Å². The minimum Gasteiger partial charge on any atom is -0.491 e. The lowest BCUT2D eigenvalue weighted by Gasteiger charge is -2.13. The topological polar surface area (TPSA) is 38.3 Å². The molecule has 0 aliphatic carbocycles. The lowest BCUT2D eigenvalue weighted by molar-refractivity contribution is -0.120. The minimum atomic E-state index is -0.140. The summed E-state index contributed by atoms with van der Waals surface area (Å²) in [4.78, 5) is 13.3. The van der Waals surface area contributed by atoms with Crippen molar-refractivity contribution >= 4 is 29.3 Å². The first kappa shape index (κ1) is 20.7. The van der Waals surface area contributed by atoms with Crippen LogP contribution in [0.3, 0.4) is 0 Å². The van der Waals surface area contributed by atoms with Crippen molar-refractivity contribution in [3.63, 3.8) is 0 Å². The molecule has 5 heteroatoms. The van der Waals surface area contributed by atoms with E-state index in [2.05, 4.69) is 17.4 Å². The Hall–Kier alpha value is -1.65. The van der Waals surface area contributed by atoms with Crippen LogP contribution in [0.1, 0.15) is 32.8 Å². The Bertz CT molecular complexity index is 703. The summed E-state index contributed by atoms with van der Waals surface area (Å²) in [5.41, 5.74) is 1.22. The van der Waals surface area contributed by atoms with Gasteiger partial charge in [0.25, 0.3) is 0 Å². The molecule has 0 spiro atoms. The van der Waals surface area contributed by atoms with Crippen molar-refractivity contribution in [2.24, 2.45) is 0 Å². The molecule has 26 heavy (non-hydrogen) atoms. The van der Waals surface area contributed by atoms with Crippen LogP contribution in [0.15, 0.2) is 53.4 Å². The Morgan fingerprint density at radius 1 is 1.15 bits per heavy atom. The van der Waals surface area contributed by atoms with E-state index in [1.165, 1.54) is 17.3 Å². The Morgan fingerprint density at radius 3 is 2.58 bits per heavy atom. The molecule has 0 aliphatic heterocycles. The Balaban J connectivity index is 1.71. The van der Waals surface area contributed by atoms with Gasteiger partial charge < -0.3 is 10.1 Å². The van der Waals surface area contributed by atoms with E-state index in [4.69, 9.17) is 16.3 Å². The maximum Gasteiger partial charge on any atom is 0.233 e. The summed E-state index contributed by atoms with van der Waals surface area (Å²) in [5.74, 6) is 0.955. The van der Waals surface area contributed by atoms with Crippen molar-refractivity contribution in [2.75, 3.05) is 6.54 Å². The van der Waals surface area contributed by atoms with E-state index in [9.17, 15) is 4.79 Å². The van der Waals surface area contributed by atoms with Gasteiger partial charge in [-0.05, 0) is 75.6 Å². The highest BCUT2D eigenvalue weighted by Gasteiger charge is 2.13. The first-order chi connectivity index (χ1) is 12.4. The molecule has 1 unspecified atom stereocenters. The van der Waals surface area contributed by atoms with Gasteiger partial charge in [-0.25, -0.2) is 0 Å². The fraction of sp³-hybridized carbons (Fsp3) is 0.381. The van der Waals surface area contributed by atoms with Gasteiger partial charge in [0.2, 0.25) is 5.91 Å². The Labute approximate surface area is 165 Å². The predicted octanol–water partition coefficient (Wildman–Crippen LogP) is 5.36. The van der Waals surface area contributed by atoms with Crippen LogP contribution < -0.4 is 10.1 Å². The van der Waals surface area contributed by atoms with Crippen molar-refractivity contribution < 1.29 is 9.53 Å². The van der Waals surface area contributed by atoms with E-state index in [1.54, 1.807) is 0 Å². The number of carbonyl (C=O) groups excluding carboxylic acids is 1. The molecule has 0 saturated heterocycles. The van der Waals surface area contributed by atoms with Crippen LogP contribution in [0, 0.1) is 0 Å². The highest BCUT2D eigenvalue weighted by Crippen LogP contribution is 2.24. The van der Waals surface area contributed by atoms with Crippen LogP contribution in [-0.4, -0.2) is 23.8 Å². The first-order valence-corrected chi connectivity index (χ1v) is 10.2. The van der Waals surface area contributed by atoms with E-state index < -0.39 is 0 Å². The molecule has 140 valence electrons. The largest absolute Gasteiger partial charge is 0.491 e. The quantitative estimate of drug-likeness (QED) is 0.462. The molecule has 3 nitrogen and oxygen atoms in total. The van der Waals surface area contributed by atoms with Crippen LogP contribution in [0.25, 0.3) is 0 Å². The average molecular weight is 392 g/mol. The second-order valence-electron chi connectivity index (χ2n) is 6.42. The fourth-order valence-corrected chi connectivity index (χ4v) is 3.48. The average Bonchev–Trinajstić information content (AvgIpc) is 2.60. The molecule has 1 N–H and O–H groups in total. The molecule has 2 aromatic rings. The van der Waals surface area contributed by atoms with Gasteiger partial charge in [-0.1, -0.05) is 23.7 Å². The van der Waals surface area contributed by atoms with Crippen LogP contribution >= 0.6 is 23.4 Å². The van der Waals surface area contributed by atoms with E-state index in [1.807, 2.05) is 57.2 Å². The van der Waals surface area contributed by atoms with Gasteiger partial charge in [-0.3, -0.25) is 4.79 Å². The number of carbonyl (C=O) groups is 1. The molecular formula is C21H26ClNO2S. The number of amides is 1. The van der Waals surface area contributed by atoms with E-state index in [-0.39, 0.29) is 17.3 Å². The van der Waals surface area contributed by atoms with Crippen LogP contribution in [0.4, 0.5) is 0 Å². The molecule has 1 amide bonds. The SMILES string of the molecule is CC(C)Oc1cccc(CCCNC(=O)C(C)Sc2ccc(Cl)cc2)c1. The number of hydrogen-bond acceptors (Lipinski definition) is 3. The summed E-state index contributed by atoms with van der Waals surface area (Å²) in [7, 11) is 0. The van der Waals surface area contributed by atoms with Gasteiger partial charge in [-0.15, -0.1) is 11.8 Å². The number of benzene rings is 2. The molecule has 0 radical (unpaired) electrons. The van der Waals surface area contributed by atoms with Crippen LogP contribution in [0.2, 0.25) is 5.02 Å². The van der Waals surface area contributed by atoms with E-state index in [0.29, 0.717) is 11.6 Å². The molecule has 0 fully saturated rings. The smallest absolute Gasteiger partial charge is 0.233 e. The fourth-order valence-electron chi connectivity index (χ4n) is 2.47. The van der Waals surface area contributed by atoms with E-state index in [0.717, 1.165) is 23.5 Å². The zero-order valence-corrected chi connectivity index (χ0v) is 17.1. The molecule has 2 aromatic carbocycles. The molecule has 2 rings (SSSR count). The number of aryl methyl sites for hydroxylation is 1. The third-order valence-electron chi connectivity index (χ3n) is 3.71. The highest BCUT2D eigenvalue weighted by atomic mass is 35.5. The number of halogens is 1. The molecule has 0 aliphatic rings. The number of thioether (sulfide) groups is 1. The normalized spacial score (nSPS) is 12.0. The van der Waals surface area contributed by atoms with Gasteiger partial charge in [0, 0.05) is 16.5 Å². The lowest BCUT2D eigenvalue weighted by Crippen LogP contribution is -2.31. The lowest BCUT2D eigenvalue weighted by atomic mass is 10.1. The summed E-state index contributed by atoms with van der Waals surface area (Å²) in [6.07, 6.45) is 1.98. The van der Waals surface area contributed by atoms with Crippen molar-refractivity contribution in [2.45, 2.75) is 49.9 Å². The van der Waals surface area contributed by atoms with Crippen molar-refractivity contribution in [3.05, 3.63) is 59.1 Å². The van der Waals surface area contributed by atoms with Crippen molar-refractivity contribution in [1.29, 1.82) is 0 Å². The van der Waals surface area contributed by atoms with Gasteiger partial charge in [0.1, 0.15) is 5.75 Å². The third-order valence-corrected chi connectivity index (χ3v) is 5.07. The number of rotatable bonds is 9. The third kappa shape index (κ3) is 7.30. The van der Waals surface area contributed by atoms with Gasteiger partial charge in [0.15, 0.2) is 0 Å². The molecule has 1 atom stereocenters. The second kappa shape index (κ2) is 10.5. The highest BCUT2D eigenvalue weighted by molar-refractivity contribution is 8.00. The number of nitrogens with one attached hydrogen (secondary N) is 1. The molecule has 0 saturated carbocycles. The summed E-state index contributed by atoms with van der Waals surface area (Å²) in [6, 6.07) is 15.7. The Kier molecular flexibility index (Phi) is 8.33. The van der Waals surface area contributed by atoms with Crippen molar-refractivity contribution in [3.8, 4) is 5.75 Å². The Morgan fingerprint density at radius 2 is 1.88 bits per heavy atom. The van der Waals surface area contributed by atoms with E-state index >= 15 is 0 Å². The first-order valence-electron chi connectivity index (χ1n) is 8.89. The molecule has 0 heterocycles. The summed E-state index contributed by atoms with van der Waals surface area (Å²) >= 11 is 7.42. The molecule has 0 bridgehead atoms. The predicted molar refractivity (Wildman–Crippen MR) is 110 cm³/mol. The maximum absolute atomic E-state index is 12.2. The second-order valence-corrected chi connectivity index (χ2v) is 8.27. The van der Waals surface area contributed by atoms with Gasteiger partial charge >= 0.3 is 0 Å². The number of hydrogen-bond donors (Lipinski definition) is 1. The minimum absolute atomic E-state index is 0.0573. The zero-order chi connectivity index (χ0) is 18.9. The maximum atomic E-state index is 12.2. The standard InChI is InChI=1S/C21H26ClNO2S/c1-15(2)25-19-8-4-6-17(14-19)7-5-13-23-21(24)16(3)26-20-11-9-18(22)10-12-20/h4,6,8-12,14-16H,5,7,13H2,1-3H3,(H,23,24). The zero-order valence-electron chi connectivity index (χ0n) is 15.5.